The van der Waals surface area contributed by atoms with E-state index >= 15 is 0 Å². The van der Waals surface area contributed by atoms with Crippen LogP contribution in [0.15, 0.2) is 91.0 Å². The van der Waals surface area contributed by atoms with E-state index in [0.717, 1.165) is 11.1 Å². The van der Waals surface area contributed by atoms with Crippen LogP contribution in [0, 0.1) is 0 Å². The van der Waals surface area contributed by atoms with Crippen molar-refractivity contribution in [2.45, 2.75) is 18.9 Å². The molecule has 146 valence electrons. The Bertz CT molecular complexity index is 978. The van der Waals surface area contributed by atoms with Crippen molar-refractivity contribution in [1.29, 1.82) is 0 Å². The zero-order valence-electron chi connectivity index (χ0n) is 15.9. The fourth-order valence-corrected chi connectivity index (χ4v) is 2.93. The zero-order chi connectivity index (χ0) is 20.5. The molecule has 3 aromatic carbocycles. The molecule has 29 heavy (non-hydrogen) atoms. The van der Waals surface area contributed by atoms with Gasteiger partial charge < -0.3 is 9.84 Å². The molecule has 4 nitrogen and oxygen atoms in total. The Morgan fingerprint density at radius 1 is 0.862 bits per heavy atom. The third-order valence-electron chi connectivity index (χ3n) is 4.46. The molecule has 0 aliphatic rings. The smallest absolute Gasteiger partial charge is 0.344 e. The van der Waals surface area contributed by atoms with E-state index in [1.807, 2.05) is 60.7 Å². The Hall–Kier alpha value is -3.66. The van der Waals surface area contributed by atoms with Crippen LogP contribution in [0.3, 0.4) is 0 Å². The fraction of sp³-hybridized carbons (Fsp3) is 0.120. The van der Waals surface area contributed by atoms with Gasteiger partial charge in [0.2, 0.25) is 0 Å². The molecule has 0 saturated heterocycles. The van der Waals surface area contributed by atoms with Crippen LogP contribution in [-0.4, -0.2) is 23.0 Å². The monoisotopic (exact) mass is 386 g/mol. The third-order valence-corrected chi connectivity index (χ3v) is 4.46. The summed E-state index contributed by atoms with van der Waals surface area (Å²) in [6, 6.07) is 25.9. The first kappa shape index (κ1) is 20.1. The predicted octanol–water partition coefficient (Wildman–Crippen LogP) is 5.05. The minimum Gasteiger partial charge on any atom is -0.479 e. The number of para-hydroxylation sites is 1. The first-order valence-electron chi connectivity index (χ1n) is 9.43. The molecule has 1 unspecified atom stereocenters. The summed E-state index contributed by atoms with van der Waals surface area (Å²) in [6.07, 6.45) is 3.03. The lowest BCUT2D eigenvalue weighted by molar-refractivity contribution is -0.145. The minimum atomic E-state index is -1.05. The Balaban J connectivity index is 1.73. The number of allylic oxidation sites excluding steroid dienone is 1. The van der Waals surface area contributed by atoms with Crippen molar-refractivity contribution in [3.63, 3.8) is 0 Å². The summed E-state index contributed by atoms with van der Waals surface area (Å²) < 4.78 is 5.75. The number of hydrogen-bond donors (Lipinski definition) is 1. The van der Waals surface area contributed by atoms with Crippen molar-refractivity contribution in [1.82, 2.24) is 0 Å². The van der Waals surface area contributed by atoms with Gasteiger partial charge in [-0.25, -0.2) is 4.79 Å². The van der Waals surface area contributed by atoms with Gasteiger partial charge in [-0.2, -0.15) is 0 Å². The first-order chi connectivity index (χ1) is 14.1. The van der Waals surface area contributed by atoms with Gasteiger partial charge in [0.05, 0.1) is 5.56 Å². The highest BCUT2D eigenvalue weighted by Gasteiger charge is 2.21. The lowest BCUT2D eigenvalue weighted by Gasteiger charge is -2.17. The molecule has 1 atom stereocenters. The molecule has 0 spiro atoms. The number of hydrogen-bond acceptors (Lipinski definition) is 3. The number of aryl methyl sites for hydroxylation is 1. The molecule has 3 rings (SSSR count). The number of carboxylic acid groups (broad SMARTS) is 1. The van der Waals surface area contributed by atoms with Crippen LogP contribution in [0.2, 0.25) is 0 Å². The van der Waals surface area contributed by atoms with Crippen molar-refractivity contribution in [2.24, 2.45) is 0 Å². The number of ketones is 1. The normalized spacial score (nSPS) is 11.9. The number of benzene rings is 3. The summed E-state index contributed by atoms with van der Waals surface area (Å²) >= 11 is 0. The van der Waals surface area contributed by atoms with Gasteiger partial charge in [-0.05, 0) is 42.2 Å². The van der Waals surface area contributed by atoms with Crippen LogP contribution in [-0.2, 0) is 11.2 Å². The maximum Gasteiger partial charge on any atom is 0.344 e. The molecule has 0 saturated carbocycles. The number of aliphatic carboxylic acids is 1. The molecule has 0 bridgehead atoms. The maximum absolute atomic E-state index is 12.7. The minimum absolute atomic E-state index is 0.239. The van der Waals surface area contributed by atoms with Crippen molar-refractivity contribution in [3.05, 3.63) is 108 Å². The van der Waals surface area contributed by atoms with Gasteiger partial charge in [-0.15, -0.1) is 0 Å². The second-order valence-corrected chi connectivity index (χ2v) is 6.57. The molecule has 0 aliphatic heterocycles. The number of carbonyl (C=O) groups is 2. The second kappa shape index (κ2) is 10.0. The summed E-state index contributed by atoms with van der Waals surface area (Å²) in [7, 11) is 0. The molecular weight excluding hydrogens is 364 g/mol. The van der Waals surface area contributed by atoms with Crippen molar-refractivity contribution in [3.8, 4) is 5.75 Å². The van der Waals surface area contributed by atoms with Crippen LogP contribution in [0.5, 0.6) is 5.75 Å². The third kappa shape index (κ3) is 5.91. The van der Waals surface area contributed by atoms with Gasteiger partial charge in [-0.1, -0.05) is 78.9 Å². The lowest BCUT2D eigenvalue weighted by atomic mass is 10.1. The lowest BCUT2D eigenvalue weighted by Crippen LogP contribution is -2.28. The van der Waals surface area contributed by atoms with Gasteiger partial charge >= 0.3 is 5.97 Å². The maximum atomic E-state index is 12.7. The molecule has 0 amide bonds. The summed E-state index contributed by atoms with van der Waals surface area (Å²) in [5.74, 6) is -1.02. The van der Waals surface area contributed by atoms with Crippen LogP contribution in [0.25, 0.3) is 6.08 Å². The average Bonchev–Trinajstić information content (AvgIpc) is 2.76. The van der Waals surface area contributed by atoms with E-state index in [-0.39, 0.29) is 11.5 Å². The summed E-state index contributed by atoms with van der Waals surface area (Å²) in [4.78, 5) is 24.3. The Labute approximate surface area is 170 Å². The fourth-order valence-electron chi connectivity index (χ4n) is 2.93. The molecule has 0 aromatic heterocycles. The summed E-state index contributed by atoms with van der Waals surface area (Å²) in [6.45, 7) is 0. The molecule has 1 N–H and O–H groups in total. The second-order valence-electron chi connectivity index (χ2n) is 6.57. The van der Waals surface area contributed by atoms with Crippen LogP contribution in [0.4, 0.5) is 0 Å². The molecule has 0 heterocycles. The van der Waals surface area contributed by atoms with Crippen molar-refractivity contribution >= 4 is 17.8 Å². The summed E-state index contributed by atoms with van der Waals surface area (Å²) in [5, 5.41) is 9.57. The number of carboxylic acids is 1. The van der Waals surface area contributed by atoms with E-state index in [4.69, 9.17) is 4.74 Å². The van der Waals surface area contributed by atoms with Crippen molar-refractivity contribution < 1.29 is 19.4 Å². The quantitative estimate of drug-likeness (QED) is 0.413. The SMILES string of the molecule is O=C(C=Cc1ccccc1)c1ccccc1OC(CCc1ccccc1)C(=O)O. The number of carbonyl (C=O) groups excluding carboxylic acids is 1. The van der Waals surface area contributed by atoms with E-state index in [9.17, 15) is 14.7 Å². The van der Waals surface area contributed by atoms with E-state index in [1.165, 1.54) is 6.08 Å². The van der Waals surface area contributed by atoms with Crippen molar-refractivity contribution in [2.75, 3.05) is 0 Å². The molecule has 0 fully saturated rings. The van der Waals surface area contributed by atoms with Gasteiger partial charge in [0.1, 0.15) is 5.75 Å². The van der Waals surface area contributed by atoms with Crippen LogP contribution >= 0.6 is 0 Å². The Morgan fingerprint density at radius 3 is 2.17 bits per heavy atom. The highest BCUT2D eigenvalue weighted by atomic mass is 16.5. The molecular formula is C25H22O4. The first-order valence-corrected chi connectivity index (χ1v) is 9.43. The van der Waals surface area contributed by atoms with E-state index < -0.39 is 12.1 Å². The van der Waals surface area contributed by atoms with E-state index in [0.29, 0.717) is 18.4 Å². The standard InChI is InChI=1S/C25H22O4/c26-22(17-15-19-9-3-1-4-10-19)21-13-7-8-14-23(21)29-24(25(27)28)18-16-20-11-5-2-6-12-20/h1-15,17,24H,16,18H2,(H,27,28). The van der Waals surface area contributed by atoms with Gasteiger partial charge in [-0.3, -0.25) is 4.79 Å². The molecule has 3 aromatic rings. The van der Waals surface area contributed by atoms with Crippen LogP contribution in [0.1, 0.15) is 27.9 Å². The van der Waals surface area contributed by atoms with Crippen LogP contribution < -0.4 is 4.74 Å². The predicted molar refractivity (Wildman–Crippen MR) is 113 cm³/mol. The Kier molecular flexibility index (Phi) is 6.95. The van der Waals surface area contributed by atoms with Gasteiger partial charge in [0.15, 0.2) is 11.9 Å². The number of ether oxygens (including phenoxy) is 1. The van der Waals surface area contributed by atoms with E-state index in [1.54, 1.807) is 30.3 Å². The van der Waals surface area contributed by atoms with E-state index in [2.05, 4.69) is 0 Å². The molecule has 4 heteroatoms. The van der Waals surface area contributed by atoms with Gasteiger partial charge in [0.25, 0.3) is 0 Å². The topological polar surface area (TPSA) is 63.6 Å². The number of rotatable bonds is 9. The molecule has 0 radical (unpaired) electrons. The highest BCUT2D eigenvalue weighted by molar-refractivity contribution is 6.08. The largest absolute Gasteiger partial charge is 0.479 e. The highest BCUT2D eigenvalue weighted by Crippen LogP contribution is 2.22. The average molecular weight is 386 g/mol. The Morgan fingerprint density at radius 2 is 1.48 bits per heavy atom. The summed E-state index contributed by atoms with van der Waals surface area (Å²) in [5.41, 5.74) is 2.29. The zero-order valence-corrected chi connectivity index (χ0v) is 15.9. The van der Waals surface area contributed by atoms with Gasteiger partial charge in [0, 0.05) is 0 Å². The molecule has 0 aliphatic carbocycles.